The van der Waals surface area contributed by atoms with Crippen LogP contribution in [0.15, 0.2) is 28.4 Å². The lowest BCUT2D eigenvalue weighted by Gasteiger charge is -2.26. The summed E-state index contributed by atoms with van der Waals surface area (Å²) in [6.07, 6.45) is 5.18. The standard InChI is InChI=1S/C15H24N2O2/c1-3-16-10-15-14(6-9-19-15)11-17-7-4-13(5-8-17)12-18-2/h4,6,9,16H,3,5,7-8,10-12H2,1-2H3. The van der Waals surface area contributed by atoms with E-state index in [4.69, 9.17) is 9.15 Å². The molecule has 0 saturated carbocycles. The van der Waals surface area contributed by atoms with Crippen molar-refractivity contribution in [3.05, 3.63) is 35.3 Å². The van der Waals surface area contributed by atoms with Crippen molar-refractivity contribution in [1.82, 2.24) is 10.2 Å². The van der Waals surface area contributed by atoms with E-state index in [2.05, 4.69) is 29.3 Å². The number of methoxy groups -OCH3 is 1. The Hall–Kier alpha value is -1.10. The van der Waals surface area contributed by atoms with Crippen molar-refractivity contribution in [2.24, 2.45) is 0 Å². The van der Waals surface area contributed by atoms with Crippen LogP contribution in [0, 0.1) is 0 Å². The molecule has 4 heteroatoms. The normalized spacial score (nSPS) is 16.6. The van der Waals surface area contributed by atoms with Crippen LogP contribution >= 0.6 is 0 Å². The summed E-state index contributed by atoms with van der Waals surface area (Å²) < 4.78 is 10.7. The SMILES string of the molecule is CCNCc1occc1CN1CC=C(COC)CC1. The van der Waals surface area contributed by atoms with E-state index in [-0.39, 0.29) is 0 Å². The van der Waals surface area contributed by atoms with Crippen LogP contribution in [0.5, 0.6) is 0 Å². The highest BCUT2D eigenvalue weighted by atomic mass is 16.5. The van der Waals surface area contributed by atoms with Crippen LogP contribution in [-0.4, -0.2) is 38.3 Å². The quantitative estimate of drug-likeness (QED) is 0.766. The smallest absolute Gasteiger partial charge is 0.122 e. The second-order valence-corrected chi connectivity index (χ2v) is 4.93. The largest absolute Gasteiger partial charge is 0.468 e. The first kappa shape index (κ1) is 14.3. The van der Waals surface area contributed by atoms with Gasteiger partial charge in [0.2, 0.25) is 0 Å². The van der Waals surface area contributed by atoms with E-state index in [0.29, 0.717) is 0 Å². The molecule has 1 aliphatic heterocycles. The fraction of sp³-hybridized carbons (Fsp3) is 0.600. The van der Waals surface area contributed by atoms with Gasteiger partial charge in [0.25, 0.3) is 0 Å². The van der Waals surface area contributed by atoms with E-state index < -0.39 is 0 Å². The number of ether oxygens (including phenoxy) is 1. The Morgan fingerprint density at radius 2 is 2.37 bits per heavy atom. The van der Waals surface area contributed by atoms with Crippen molar-refractivity contribution in [1.29, 1.82) is 0 Å². The number of hydrogen-bond donors (Lipinski definition) is 1. The van der Waals surface area contributed by atoms with Crippen LogP contribution in [0.2, 0.25) is 0 Å². The molecule has 2 rings (SSSR count). The predicted octanol–water partition coefficient (Wildman–Crippen LogP) is 2.17. The van der Waals surface area contributed by atoms with Gasteiger partial charge < -0.3 is 14.5 Å². The van der Waals surface area contributed by atoms with Crippen LogP contribution in [0.4, 0.5) is 0 Å². The predicted molar refractivity (Wildman–Crippen MR) is 75.9 cm³/mol. The fourth-order valence-corrected chi connectivity index (χ4v) is 2.36. The van der Waals surface area contributed by atoms with Crippen molar-refractivity contribution in [2.45, 2.75) is 26.4 Å². The summed E-state index contributed by atoms with van der Waals surface area (Å²) in [6.45, 7) is 7.73. The molecular weight excluding hydrogens is 240 g/mol. The molecule has 1 aromatic heterocycles. The highest BCUT2D eigenvalue weighted by Gasteiger charge is 2.14. The molecule has 106 valence electrons. The van der Waals surface area contributed by atoms with Gasteiger partial charge in [0.1, 0.15) is 5.76 Å². The highest BCUT2D eigenvalue weighted by Crippen LogP contribution is 2.17. The molecule has 1 aromatic rings. The molecule has 0 bridgehead atoms. The van der Waals surface area contributed by atoms with Crippen molar-refractivity contribution in [2.75, 3.05) is 33.4 Å². The molecule has 0 aliphatic carbocycles. The highest BCUT2D eigenvalue weighted by molar-refractivity contribution is 5.18. The van der Waals surface area contributed by atoms with Crippen molar-refractivity contribution in [3.8, 4) is 0 Å². The fourth-order valence-electron chi connectivity index (χ4n) is 2.36. The van der Waals surface area contributed by atoms with Crippen molar-refractivity contribution >= 4 is 0 Å². The van der Waals surface area contributed by atoms with Crippen LogP contribution in [0.3, 0.4) is 0 Å². The zero-order valence-corrected chi connectivity index (χ0v) is 11.9. The Labute approximate surface area is 115 Å². The molecule has 0 radical (unpaired) electrons. The number of nitrogens with zero attached hydrogens (tertiary/aromatic N) is 1. The maximum Gasteiger partial charge on any atom is 0.122 e. The van der Waals surface area contributed by atoms with Crippen LogP contribution in [0.25, 0.3) is 0 Å². The van der Waals surface area contributed by atoms with E-state index in [1.54, 1.807) is 13.4 Å². The van der Waals surface area contributed by atoms with Crippen molar-refractivity contribution in [3.63, 3.8) is 0 Å². The third-order valence-corrected chi connectivity index (χ3v) is 3.48. The first-order valence-electron chi connectivity index (χ1n) is 6.98. The van der Waals surface area contributed by atoms with Crippen LogP contribution < -0.4 is 5.32 Å². The summed E-state index contributed by atoms with van der Waals surface area (Å²) in [5.41, 5.74) is 2.71. The number of nitrogens with one attached hydrogen (secondary N) is 1. The second-order valence-electron chi connectivity index (χ2n) is 4.93. The monoisotopic (exact) mass is 264 g/mol. The number of rotatable bonds is 7. The topological polar surface area (TPSA) is 37.6 Å². The molecule has 2 heterocycles. The third-order valence-electron chi connectivity index (χ3n) is 3.48. The van der Waals surface area contributed by atoms with Crippen LogP contribution in [-0.2, 0) is 17.8 Å². The minimum Gasteiger partial charge on any atom is -0.468 e. The maximum absolute atomic E-state index is 5.54. The minimum atomic E-state index is 0.769. The average Bonchev–Trinajstić information content (AvgIpc) is 2.86. The van der Waals surface area contributed by atoms with Crippen LogP contribution in [0.1, 0.15) is 24.7 Å². The third kappa shape index (κ3) is 4.20. The van der Waals surface area contributed by atoms with Gasteiger partial charge >= 0.3 is 0 Å². The molecule has 1 aliphatic rings. The Kier molecular flexibility index (Phi) is 5.63. The summed E-state index contributed by atoms with van der Waals surface area (Å²) in [7, 11) is 1.76. The van der Waals surface area contributed by atoms with Gasteiger partial charge in [-0.1, -0.05) is 13.0 Å². The van der Waals surface area contributed by atoms with Crippen molar-refractivity contribution < 1.29 is 9.15 Å². The van der Waals surface area contributed by atoms with E-state index in [1.807, 2.05) is 0 Å². The molecule has 0 spiro atoms. The van der Waals surface area contributed by atoms with Gasteiger partial charge in [0, 0.05) is 32.3 Å². The molecule has 0 fully saturated rings. The summed E-state index contributed by atoms with van der Waals surface area (Å²) in [4.78, 5) is 2.44. The summed E-state index contributed by atoms with van der Waals surface area (Å²) in [6, 6.07) is 2.08. The molecule has 0 amide bonds. The average molecular weight is 264 g/mol. The lowest BCUT2D eigenvalue weighted by atomic mass is 10.1. The summed E-state index contributed by atoms with van der Waals surface area (Å²) >= 11 is 0. The van der Waals surface area contributed by atoms with E-state index in [0.717, 1.165) is 51.5 Å². The molecule has 0 atom stereocenters. The van der Waals surface area contributed by atoms with Gasteiger partial charge in [-0.3, -0.25) is 4.90 Å². The molecule has 1 N–H and O–H groups in total. The van der Waals surface area contributed by atoms with Gasteiger partial charge in [-0.15, -0.1) is 0 Å². The number of hydrogen-bond acceptors (Lipinski definition) is 4. The molecule has 4 nitrogen and oxygen atoms in total. The van der Waals surface area contributed by atoms with E-state index in [9.17, 15) is 0 Å². The summed E-state index contributed by atoms with van der Waals surface area (Å²) in [5, 5.41) is 3.31. The first-order valence-corrected chi connectivity index (χ1v) is 6.98. The number of furan rings is 1. The van der Waals surface area contributed by atoms with Gasteiger partial charge in [0.15, 0.2) is 0 Å². The Balaban J connectivity index is 1.87. The maximum atomic E-state index is 5.54. The molecule has 0 unspecified atom stereocenters. The Morgan fingerprint density at radius 3 is 3.05 bits per heavy atom. The minimum absolute atomic E-state index is 0.769. The van der Waals surface area contributed by atoms with E-state index in [1.165, 1.54) is 11.1 Å². The second kappa shape index (κ2) is 7.48. The van der Waals surface area contributed by atoms with Gasteiger partial charge in [0.05, 0.1) is 19.4 Å². The molecule has 0 saturated heterocycles. The zero-order chi connectivity index (χ0) is 13.5. The molecular formula is C15H24N2O2. The Bertz CT molecular complexity index is 412. The first-order chi connectivity index (χ1) is 9.33. The summed E-state index contributed by atoms with van der Waals surface area (Å²) in [5.74, 6) is 1.06. The van der Waals surface area contributed by atoms with Gasteiger partial charge in [-0.25, -0.2) is 0 Å². The zero-order valence-electron chi connectivity index (χ0n) is 11.9. The Morgan fingerprint density at radius 1 is 1.47 bits per heavy atom. The molecule has 19 heavy (non-hydrogen) atoms. The lowest BCUT2D eigenvalue weighted by Crippen LogP contribution is -2.29. The molecule has 0 aromatic carbocycles. The lowest BCUT2D eigenvalue weighted by molar-refractivity contribution is 0.210. The van der Waals surface area contributed by atoms with Gasteiger partial charge in [-0.05, 0) is 24.6 Å². The van der Waals surface area contributed by atoms with E-state index >= 15 is 0 Å². The van der Waals surface area contributed by atoms with Gasteiger partial charge in [-0.2, -0.15) is 0 Å².